The van der Waals surface area contributed by atoms with Crippen LogP contribution in [0.1, 0.15) is 29.2 Å². The van der Waals surface area contributed by atoms with Crippen LogP contribution in [0.2, 0.25) is 0 Å². The predicted molar refractivity (Wildman–Crippen MR) is 61.8 cm³/mol. The number of fused-ring (bicyclic) bond motifs is 1. The van der Waals surface area contributed by atoms with Gasteiger partial charge in [-0.05, 0) is 12.8 Å². The van der Waals surface area contributed by atoms with E-state index in [4.69, 9.17) is 0 Å². The molecule has 1 aliphatic rings. The van der Waals surface area contributed by atoms with Crippen molar-refractivity contribution in [3.63, 3.8) is 0 Å². The molecule has 0 aliphatic heterocycles. The van der Waals surface area contributed by atoms with Crippen LogP contribution in [0.4, 0.5) is 13.2 Å². The van der Waals surface area contributed by atoms with Crippen LogP contribution < -0.4 is 0 Å². The minimum Gasteiger partial charge on any atom is -0.493 e. The van der Waals surface area contributed by atoms with E-state index < -0.39 is 35.3 Å². The van der Waals surface area contributed by atoms with Crippen molar-refractivity contribution in [2.24, 2.45) is 0 Å². The summed E-state index contributed by atoms with van der Waals surface area (Å²) in [5, 5.41) is 18.9. The molecule has 0 saturated heterocycles. The summed E-state index contributed by atoms with van der Waals surface area (Å²) in [5.74, 6) is -4.23. The topological polar surface area (TPSA) is 66.2 Å². The summed E-state index contributed by atoms with van der Waals surface area (Å²) < 4.78 is 40.6. The Morgan fingerprint density at radius 1 is 1.05 bits per heavy atom. The summed E-state index contributed by atoms with van der Waals surface area (Å²) >= 11 is 0. The largest absolute Gasteiger partial charge is 0.493 e. The van der Waals surface area contributed by atoms with Crippen molar-refractivity contribution in [1.82, 2.24) is 9.97 Å². The van der Waals surface area contributed by atoms with Gasteiger partial charge in [0.25, 0.3) is 0 Å². The molecule has 7 heteroatoms. The van der Waals surface area contributed by atoms with Gasteiger partial charge in [-0.2, -0.15) is 9.97 Å². The Labute approximate surface area is 111 Å². The van der Waals surface area contributed by atoms with Crippen molar-refractivity contribution in [1.29, 1.82) is 0 Å². The molecule has 104 valence electrons. The van der Waals surface area contributed by atoms with Gasteiger partial charge in [0.1, 0.15) is 17.5 Å². The van der Waals surface area contributed by atoms with E-state index in [9.17, 15) is 23.4 Å². The lowest BCUT2D eigenvalue weighted by Crippen LogP contribution is -2.06. The highest BCUT2D eigenvalue weighted by Gasteiger charge is 2.33. The molecule has 1 atom stereocenters. The zero-order valence-electron chi connectivity index (χ0n) is 10.1. The Hall–Kier alpha value is -2.31. The maximum absolute atomic E-state index is 13.8. The number of hydrogen-bond acceptors (Lipinski definition) is 4. The first kappa shape index (κ1) is 12.7. The number of aromatic nitrogens is 2. The molecule has 2 aromatic rings. The Morgan fingerprint density at radius 2 is 1.70 bits per heavy atom. The number of benzene rings is 1. The maximum Gasteiger partial charge on any atom is 0.317 e. The zero-order chi connectivity index (χ0) is 14.4. The lowest BCUT2D eigenvalue weighted by Gasteiger charge is -2.13. The van der Waals surface area contributed by atoms with E-state index >= 15 is 0 Å². The van der Waals surface area contributed by atoms with Gasteiger partial charge in [0.2, 0.25) is 5.88 Å². The van der Waals surface area contributed by atoms with Gasteiger partial charge in [0.15, 0.2) is 0 Å². The molecule has 20 heavy (non-hydrogen) atoms. The minimum atomic E-state index is -1.02. The minimum absolute atomic E-state index is 0.166. The second-order valence-electron chi connectivity index (χ2n) is 4.59. The van der Waals surface area contributed by atoms with Crippen LogP contribution in [0.5, 0.6) is 11.9 Å². The third-order valence-corrected chi connectivity index (χ3v) is 3.41. The van der Waals surface area contributed by atoms with Crippen molar-refractivity contribution in [2.45, 2.75) is 18.8 Å². The molecule has 0 bridgehead atoms. The fourth-order valence-electron chi connectivity index (χ4n) is 2.60. The van der Waals surface area contributed by atoms with Crippen LogP contribution in [-0.4, -0.2) is 20.2 Å². The highest BCUT2D eigenvalue weighted by Crippen LogP contribution is 2.42. The highest BCUT2D eigenvalue weighted by molar-refractivity contribution is 5.43. The Kier molecular flexibility index (Phi) is 2.77. The maximum atomic E-state index is 13.8. The highest BCUT2D eigenvalue weighted by atomic mass is 19.1. The van der Waals surface area contributed by atoms with E-state index in [-0.39, 0.29) is 11.3 Å². The van der Waals surface area contributed by atoms with E-state index in [0.29, 0.717) is 30.5 Å². The van der Waals surface area contributed by atoms with Crippen molar-refractivity contribution in [2.75, 3.05) is 0 Å². The molecule has 1 heterocycles. The smallest absolute Gasteiger partial charge is 0.317 e. The second kappa shape index (κ2) is 4.36. The van der Waals surface area contributed by atoms with Gasteiger partial charge in [-0.1, -0.05) is 0 Å². The number of aromatic hydroxyl groups is 2. The van der Waals surface area contributed by atoms with Crippen molar-refractivity contribution in [3.05, 3.63) is 46.4 Å². The predicted octanol–water partition coefficient (Wildman–Crippen LogP) is 2.38. The average Bonchev–Trinajstić information content (AvgIpc) is 2.72. The lowest BCUT2D eigenvalue weighted by atomic mass is 9.95. The standard InChI is InChI=1S/C13H9F3N2O2/c14-5-3-8(15)10(9(16)4-5)6-1-2-7-11(6)17-13(20)18-12(7)19/h3-4,6H,1-2H2,(H2,17,18,19,20). The van der Waals surface area contributed by atoms with Gasteiger partial charge in [-0.3, -0.25) is 0 Å². The van der Waals surface area contributed by atoms with Crippen LogP contribution in [0.25, 0.3) is 0 Å². The molecule has 0 fully saturated rings. The molecule has 3 rings (SSSR count). The Morgan fingerprint density at radius 3 is 2.35 bits per heavy atom. The number of rotatable bonds is 1. The molecule has 1 aliphatic carbocycles. The van der Waals surface area contributed by atoms with Crippen molar-refractivity contribution in [3.8, 4) is 11.9 Å². The third kappa shape index (κ3) is 1.86. The first-order chi connectivity index (χ1) is 9.47. The summed E-state index contributed by atoms with van der Waals surface area (Å²) in [6.07, 6.45) is 0.614. The van der Waals surface area contributed by atoms with Gasteiger partial charge in [0, 0.05) is 29.2 Å². The molecular weight excluding hydrogens is 273 g/mol. The van der Waals surface area contributed by atoms with Gasteiger partial charge in [0.05, 0.1) is 5.69 Å². The molecule has 1 unspecified atom stereocenters. The fraction of sp³-hybridized carbons (Fsp3) is 0.231. The van der Waals surface area contributed by atoms with E-state index in [2.05, 4.69) is 9.97 Å². The number of halogens is 3. The lowest BCUT2D eigenvalue weighted by molar-refractivity contribution is 0.392. The second-order valence-corrected chi connectivity index (χ2v) is 4.59. The van der Waals surface area contributed by atoms with E-state index in [1.54, 1.807) is 0 Å². The quantitative estimate of drug-likeness (QED) is 0.842. The molecule has 1 aromatic heterocycles. The zero-order valence-corrected chi connectivity index (χ0v) is 10.1. The third-order valence-electron chi connectivity index (χ3n) is 3.41. The number of nitrogens with zero attached hydrogens (tertiary/aromatic N) is 2. The molecule has 0 amide bonds. The molecule has 0 radical (unpaired) electrons. The molecule has 0 spiro atoms. The molecule has 4 nitrogen and oxygen atoms in total. The van der Waals surface area contributed by atoms with Gasteiger partial charge >= 0.3 is 6.01 Å². The fourth-order valence-corrected chi connectivity index (χ4v) is 2.60. The molecule has 2 N–H and O–H groups in total. The monoisotopic (exact) mass is 282 g/mol. The summed E-state index contributed by atoms with van der Waals surface area (Å²) in [5.41, 5.74) is 0.193. The Balaban J connectivity index is 2.17. The van der Waals surface area contributed by atoms with Gasteiger partial charge in [-0.15, -0.1) is 0 Å². The molecular formula is C13H9F3N2O2. The van der Waals surface area contributed by atoms with Gasteiger partial charge in [-0.25, -0.2) is 13.2 Å². The summed E-state index contributed by atoms with van der Waals surface area (Å²) in [4.78, 5) is 7.12. The van der Waals surface area contributed by atoms with Crippen LogP contribution >= 0.6 is 0 Å². The van der Waals surface area contributed by atoms with E-state index in [1.165, 1.54) is 0 Å². The SMILES string of the molecule is Oc1nc(O)c2c(n1)C(c1c(F)cc(F)cc1F)CC2. The first-order valence-electron chi connectivity index (χ1n) is 5.90. The number of hydrogen-bond donors (Lipinski definition) is 2. The summed E-state index contributed by atoms with van der Waals surface area (Å²) in [6.45, 7) is 0. The van der Waals surface area contributed by atoms with Crippen molar-refractivity contribution < 1.29 is 23.4 Å². The van der Waals surface area contributed by atoms with Crippen molar-refractivity contribution >= 4 is 0 Å². The normalized spacial score (nSPS) is 17.2. The molecule has 1 aromatic carbocycles. The molecule has 0 saturated carbocycles. The van der Waals surface area contributed by atoms with Crippen LogP contribution in [-0.2, 0) is 6.42 Å². The van der Waals surface area contributed by atoms with Crippen LogP contribution in [0, 0.1) is 17.5 Å². The summed E-state index contributed by atoms with van der Waals surface area (Å²) in [7, 11) is 0. The summed E-state index contributed by atoms with van der Waals surface area (Å²) in [6, 6.07) is 0.519. The first-order valence-corrected chi connectivity index (χ1v) is 5.90. The van der Waals surface area contributed by atoms with Crippen LogP contribution in [0.15, 0.2) is 12.1 Å². The Bertz CT molecular complexity index is 683. The van der Waals surface area contributed by atoms with E-state index in [1.807, 2.05) is 0 Å². The van der Waals surface area contributed by atoms with Crippen LogP contribution in [0.3, 0.4) is 0 Å². The van der Waals surface area contributed by atoms with Gasteiger partial charge < -0.3 is 10.2 Å². The van der Waals surface area contributed by atoms with E-state index in [0.717, 1.165) is 0 Å². The average molecular weight is 282 g/mol.